The van der Waals surface area contributed by atoms with Crippen LogP contribution in [0.5, 0.6) is 17.2 Å². The first-order valence-electron chi connectivity index (χ1n) is 9.37. The topological polar surface area (TPSA) is 56.8 Å². The second-order valence-electron chi connectivity index (χ2n) is 6.79. The van der Waals surface area contributed by atoms with Crippen LogP contribution in [0.25, 0.3) is 0 Å². The minimum absolute atomic E-state index is 0.00687. The molecule has 5 heteroatoms. The van der Waals surface area contributed by atoms with E-state index in [-0.39, 0.29) is 18.6 Å². The van der Waals surface area contributed by atoms with Gasteiger partial charge in [-0.2, -0.15) is 0 Å². The molecular weight excluding hydrogens is 342 g/mol. The zero-order valence-corrected chi connectivity index (χ0v) is 16.2. The average molecular weight is 369 g/mol. The van der Waals surface area contributed by atoms with E-state index in [9.17, 15) is 4.79 Å². The highest BCUT2D eigenvalue weighted by Gasteiger charge is 2.17. The number of fused-ring (bicyclic) bond motifs is 1. The third-order valence-corrected chi connectivity index (χ3v) is 4.99. The molecule has 0 aromatic heterocycles. The van der Waals surface area contributed by atoms with Crippen LogP contribution in [-0.2, 0) is 17.6 Å². The Morgan fingerprint density at radius 1 is 1.07 bits per heavy atom. The van der Waals surface area contributed by atoms with E-state index in [0.29, 0.717) is 5.75 Å². The summed E-state index contributed by atoms with van der Waals surface area (Å²) < 4.78 is 16.5. The van der Waals surface area contributed by atoms with Crippen molar-refractivity contribution in [2.45, 2.75) is 38.6 Å². The maximum absolute atomic E-state index is 12.4. The number of methoxy groups -OCH3 is 2. The Kier molecular flexibility index (Phi) is 6.22. The fourth-order valence-corrected chi connectivity index (χ4v) is 3.56. The van der Waals surface area contributed by atoms with E-state index in [2.05, 4.69) is 11.4 Å². The molecule has 3 rings (SSSR count). The van der Waals surface area contributed by atoms with Crippen LogP contribution in [0.4, 0.5) is 0 Å². The van der Waals surface area contributed by atoms with E-state index in [4.69, 9.17) is 14.2 Å². The van der Waals surface area contributed by atoms with Crippen LogP contribution < -0.4 is 19.5 Å². The molecule has 1 atom stereocenters. The van der Waals surface area contributed by atoms with Crippen molar-refractivity contribution in [2.24, 2.45) is 0 Å². The van der Waals surface area contributed by atoms with Gasteiger partial charge in [0.1, 0.15) is 17.2 Å². The van der Waals surface area contributed by atoms with Gasteiger partial charge in [0, 0.05) is 5.56 Å². The summed E-state index contributed by atoms with van der Waals surface area (Å²) in [5.74, 6) is 2.09. The number of amides is 1. The molecule has 1 aliphatic rings. The lowest BCUT2D eigenvalue weighted by Crippen LogP contribution is -2.31. The number of aryl methyl sites for hydroxylation is 1. The number of rotatable bonds is 7. The monoisotopic (exact) mass is 369 g/mol. The van der Waals surface area contributed by atoms with E-state index in [1.165, 1.54) is 24.0 Å². The van der Waals surface area contributed by atoms with Crippen LogP contribution in [0.3, 0.4) is 0 Å². The largest absolute Gasteiger partial charge is 0.497 e. The Balaban J connectivity index is 1.63. The molecule has 5 nitrogen and oxygen atoms in total. The van der Waals surface area contributed by atoms with Gasteiger partial charge in [0.25, 0.3) is 5.91 Å². The van der Waals surface area contributed by atoms with E-state index in [1.807, 2.05) is 37.3 Å². The summed E-state index contributed by atoms with van der Waals surface area (Å²) in [4.78, 5) is 12.4. The molecule has 1 unspecified atom stereocenters. The Labute approximate surface area is 160 Å². The molecule has 1 amide bonds. The average Bonchev–Trinajstić information content (AvgIpc) is 2.71. The van der Waals surface area contributed by atoms with Gasteiger partial charge in [-0.05, 0) is 68.0 Å². The predicted octanol–water partition coefficient (Wildman–Crippen LogP) is 3.84. The van der Waals surface area contributed by atoms with Crippen LogP contribution in [0.2, 0.25) is 0 Å². The lowest BCUT2D eigenvalue weighted by molar-refractivity contribution is -0.123. The van der Waals surface area contributed by atoms with Crippen molar-refractivity contribution < 1.29 is 19.0 Å². The lowest BCUT2D eigenvalue weighted by Gasteiger charge is -2.20. The van der Waals surface area contributed by atoms with Crippen molar-refractivity contribution in [3.8, 4) is 17.2 Å². The zero-order valence-electron chi connectivity index (χ0n) is 16.2. The van der Waals surface area contributed by atoms with Crippen LogP contribution >= 0.6 is 0 Å². The minimum Gasteiger partial charge on any atom is -0.497 e. The molecule has 0 saturated carbocycles. The van der Waals surface area contributed by atoms with Gasteiger partial charge in [-0.3, -0.25) is 4.79 Å². The molecule has 0 heterocycles. The van der Waals surface area contributed by atoms with Gasteiger partial charge in [-0.1, -0.05) is 12.1 Å². The highest BCUT2D eigenvalue weighted by Crippen LogP contribution is 2.30. The Bertz CT molecular complexity index is 803. The maximum Gasteiger partial charge on any atom is 0.258 e. The van der Waals surface area contributed by atoms with Gasteiger partial charge in [0.15, 0.2) is 6.61 Å². The lowest BCUT2D eigenvalue weighted by atomic mass is 9.91. The third kappa shape index (κ3) is 4.54. The number of benzene rings is 2. The fourth-order valence-electron chi connectivity index (χ4n) is 3.56. The van der Waals surface area contributed by atoms with Crippen molar-refractivity contribution in [2.75, 3.05) is 20.8 Å². The first-order valence-corrected chi connectivity index (χ1v) is 9.37. The molecule has 0 aliphatic heterocycles. The second kappa shape index (κ2) is 8.80. The molecule has 0 bridgehead atoms. The van der Waals surface area contributed by atoms with E-state index >= 15 is 0 Å². The first-order chi connectivity index (χ1) is 13.1. The summed E-state index contributed by atoms with van der Waals surface area (Å²) in [6.07, 6.45) is 4.50. The first kappa shape index (κ1) is 19.1. The van der Waals surface area contributed by atoms with Crippen molar-refractivity contribution in [3.63, 3.8) is 0 Å². The van der Waals surface area contributed by atoms with Gasteiger partial charge in [-0.15, -0.1) is 0 Å². The highest BCUT2D eigenvalue weighted by atomic mass is 16.5. The number of hydrogen-bond donors (Lipinski definition) is 1. The number of carbonyl (C=O) groups excluding carboxylic acids is 1. The van der Waals surface area contributed by atoms with Crippen LogP contribution in [0.1, 0.15) is 42.5 Å². The molecule has 2 aromatic rings. The van der Waals surface area contributed by atoms with Crippen LogP contribution in [-0.4, -0.2) is 26.7 Å². The van der Waals surface area contributed by atoms with E-state index in [0.717, 1.165) is 29.9 Å². The minimum atomic E-state index is -0.226. The Hall–Kier alpha value is -2.69. The van der Waals surface area contributed by atoms with Gasteiger partial charge >= 0.3 is 0 Å². The molecule has 0 radical (unpaired) electrons. The van der Waals surface area contributed by atoms with Crippen molar-refractivity contribution in [3.05, 3.63) is 53.1 Å². The van der Waals surface area contributed by atoms with Crippen molar-refractivity contribution >= 4 is 5.91 Å². The fraction of sp³-hybridized carbons (Fsp3) is 0.409. The molecule has 1 aliphatic carbocycles. The molecule has 0 spiro atoms. The molecule has 1 N–H and O–H groups in total. The number of ether oxygens (including phenoxy) is 3. The van der Waals surface area contributed by atoms with Gasteiger partial charge in [0.2, 0.25) is 0 Å². The molecular formula is C22H27NO4. The predicted molar refractivity (Wildman–Crippen MR) is 105 cm³/mol. The summed E-state index contributed by atoms with van der Waals surface area (Å²) in [7, 11) is 3.23. The highest BCUT2D eigenvalue weighted by molar-refractivity contribution is 5.78. The zero-order chi connectivity index (χ0) is 19.2. The number of carbonyl (C=O) groups is 1. The second-order valence-corrected chi connectivity index (χ2v) is 6.79. The normalized spacial score (nSPS) is 14.0. The smallest absolute Gasteiger partial charge is 0.258 e. The Morgan fingerprint density at radius 3 is 2.67 bits per heavy atom. The standard InChI is InChI=1S/C22H27NO4/c1-15(19-13-17(25-2)11-12-20(19)26-3)23-22(24)14-27-21-10-6-8-16-7-4-5-9-18(16)21/h6,8,10-13,15H,4-5,7,9,14H2,1-3H3,(H,23,24). The molecule has 0 saturated heterocycles. The summed E-state index contributed by atoms with van der Waals surface area (Å²) in [6.45, 7) is 1.91. The summed E-state index contributed by atoms with van der Waals surface area (Å²) >= 11 is 0. The van der Waals surface area contributed by atoms with Gasteiger partial charge in [-0.25, -0.2) is 0 Å². The van der Waals surface area contributed by atoms with Crippen molar-refractivity contribution in [1.82, 2.24) is 5.32 Å². The molecule has 2 aromatic carbocycles. The number of nitrogens with one attached hydrogen (secondary N) is 1. The molecule has 0 fully saturated rings. The van der Waals surface area contributed by atoms with Crippen LogP contribution in [0.15, 0.2) is 36.4 Å². The quantitative estimate of drug-likeness (QED) is 0.806. The molecule has 27 heavy (non-hydrogen) atoms. The SMILES string of the molecule is COc1ccc(OC)c(C(C)NC(=O)COc2cccc3c2CCCC3)c1. The third-order valence-electron chi connectivity index (χ3n) is 4.99. The molecule has 144 valence electrons. The van der Waals surface area contributed by atoms with Gasteiger partial charge < -0.3 is 19.5 Å². The van der Waals surface area contributed by atoms with Crippen LogP contribution in [0, 0.1) is 0 Å². The van der Waals surface area contributed by atoms with Crippen molar-refractivity contribution in [1.29, 1.82) is 0 Å². The Morgan fingerprint density at radius 2 is 1.89 bits per heavy atom. The summed E-state index contributed by atoms with van der Waals surface area (Å²) in [5, 5.41) is 2.97. The van der Waals surface area contributed by atoms with E-state index in [1.54, 1.807) is 14.2 Å². The maximum atomic E-state index is 12.4. The summed E-state index contributed by atoms with van der Waals surface area (Å²) in [6, 6.07) is 11.4. The number of hydrogen-bond acceptors (Lipinski definition) is 4. The van der Waals surface area contributed by atoms with Gasteiger partial charge in [0.05, 0.1) is 20.3 Å². The summed E-state index contributed by atoms with van der Waals surface area (Å²) in [5.41, 5.74) is 3.45. The van der Waals surface area contributed by atoms with E-state index < -0.39 is 0 Å².